The monoisotopic (exact) mass is 395 g/mol. The lowest BCUT2D eigenvalue weighted by atomic mass is 10.2. The highest BCUT2D eigenvalue weighted by atomic mass is 19.4. The smallest absolute Gasteiger partial charge is 0.419 e. The number of halogens is 3. The number of aliphatic hydroxyl groups excluding tert-OH is 1. The minimum atomic E-state index is -4.50. The van der Waals surface area contributed by atoms with Gasteiger partial charge in [-0.15, -0.1) is 0 Å². The number of hydrogen-bond donors (Lipinski definition) is 2. The fourth-order valence-electron chi connectivity index (χ4n) is 2.97. The molecule has 1 aliphatic heterocycles. The van der Waals surface area contributed by atoms with Crippen molar-refractivity contribution >= 4 is 11.7 Å². The summed E-state index contributed by atoms with van der Waals surface area (Å²) >= 11 is 0. The number of carbonyl (C=O) groups is 1. The van der Waals surface area contributed by atoms with E-state index in [0.29, 0.717) is 18.7 Å². The van der Waals surface area contributed by atoms with Crippen molar-refractivity contribution in [1.82, 2.24) is 9.88 Å². The highest BCUT2D eigenvalue weighted by Crippen LogP contribution is 2.34. The summed E-state index contributed by atoms with van der Waals surface area (Å²) in [6.45, 7) is 0.466. The largest absolute Gasteiger partial charge is 0.484 e. The normalized spacial score (nSPS) is 16.9. The van der Waals surface area contributed by atoms with Crippen molar-refractivity contribution in [3.05, 3.63) is 53.7 Å². The van der Waals surface area contributed by atoms with Crippen LogP contribution in [0.25, 0.3) is 0 Å². The van der Waals surface area contributed by atoms with Crippen LogP contribution < -0.4 is 10.1 Å². The summed E-state index contributed by atoms with van der Waals surface area (Å²) in [5.41, 5.74) is -0.0886. The Morgan fingerprint density at radius 3 is 2.71 bits per heavy atom. The molecule has 1 aromatic carbocycles. The topological polar surface area (TPSA) is 74.7 Å². The van der Waals surface area contributed by atoms with E-state index in [-0.39, 0.29) is 37.5 Å². The Morgan fingerprint density at radius 2 is 2.04 bits per heavy atom. The molecule has 1 fully saturated rings. The molecule has 28 heavy (non-hydrogen) atoms. The Labute approximate surface area is 159 Å². The van der Waals surface area contributed by atoms with Crippen molar-refractivity contribution in [1.29, 1.82) is 0 Å². The first-order chi connectivity index (χ1) is 13.4. The molecule has 3 rings (SSSR count). The summed E-state index contributed by atoms with van der Waals surface area (Å²) in [6, 6.07) is 8.61. The molecule has 0 unspecified atom stereocenters. The predicted molar refractivity (Wildman–Crippen MR) is 95.7 cm³/mol. The first-order valence-corrected chi connectivity index (χ1v) is 8.76. The number of carbonyl (C=O) groups excluding carboxylic acids is 1. The highest BCUT2D eigenvalue weighted by Gasteiger charge is 2.35. The van der Waals surface area contributed by atoms with E-state index < -0.39 is 11.7 Å². The van der Waals surface area contributed by atoms with Crippen LogP contribution in [0.15, 0.2) is 42.6 Å². The van der Waals surface area contributed by atoms with E-state index in [1.165, 1.54) is 12.3 Å². The second-order valence-electron chi connectivity index (χ2n) is 6.46. The van der Waals surface area contributed by atoms with E-state index in [4.69, 9.17) is 9.84 Å². The van der Waals surface area contributed by atoms with Crippen LogP contribution in [0.1, 0.15) is 17.5 Å². The summed E-state index contributed by atoms with van der Waals surface area (Å²) in [4.78, 5) is 17.6. The molecule has 0 radical (unpaired) electrons. The Bertz CT molecular complexity index is 812. The van der Waals surface area contributed by atoms with Gasteiger partial charge in [0.1, 0.15) is 11.6 Å². The third-order valence-corrected chi connectivity index (χ3v) is 4.46. The Morgan fingerprint density at radius 1 is 1.29 bits per heavy atom. The van der Waals surface area contributed by atoms with Gasteiger partial charge in [-0.25, -0.2) is 4.98 Å². The average Bonchev–Trinajstić information content (AvgIpc) is 3.14. The quantitative estimate of drug-likeness (QED) is 0.787. The van der Waals surface area contributed by atoms with E-state index in [2.05, 4.69) is 10.3 Å². The molecule has 0 aliphatic carbocycles. The first-order valence-electron chi connectivity index (χ1n) is 8.76. The second kappa shape index (κ2) is 8.47. The zero-order valence-corrected chi connectivity index (χ0v) is 14.9. The predicted octanol–water partition coefficient (Wildman–Crippen LogP) is 2.68. The van der Waals surface area contributed by atoms with E-state index in [1.54, 1.807) is 29.2 Å². The third kappa shape index (κ3) is 4.92. The molecule has 2 N–H and O–H groups in total. The van der Waals surface area contributed by atoms with Gasteiger partial charge in [0, 0.05) is 25.3 Å². The van der Waals surface area contributed by atoms with Crippen LogP contribution in [0.4, 0.5) is 19.0 Å². The van der Waals surface area contributed by atoms with Gasteiger partial charge in [0.2, 0.25) is 0 Å². The number of nitrogens with one attached hydrogen (secondary N) is 1. The molecule has 1 aliphatic rings. The zero-order chi connectivity index (χ0) is 20.1. The molecular weight excluding hydrogens is 375 g/mol. The Kier molecular flexibility index (Phi) is 6.03. The summed E-state index contributed by atoms with van der Waals surface area (Å²) in [5, 5.41) is 11.8. The van der Waals surface area contributed by atoms with E-state index >= 15 is 0 Å². The van der Waals surface area contributed by atoms with Gasteiger partial charge in [-0.3, -0.25) is 4.79 Å². The summed E-state index contributed by atoms with van der Waals surface area (Å²) in [6.07, 6.45) is -2.68. The minimum Gasteiger partial charge on any atom is -0.484 e. The second-order valence-corrected chi connectivity index (χ2v) is 6.46. The standard InChI is InChI=1S/C19H20F3N3O3/c20-19(21,22)16-2-1-8-23-18(16)24-14-7-9-25(10-14)17(27)12-28-15-5-3-13(11-26)4-6-15/h1-6,8,14,26H,7,9-12H2,(H,23,24)/t14-/m0/s1. The Hall–Kier alpha value is -2.81. The van der Waals surface area contributed by atoms with Gasteiger partial charge in [-0.1, -0.05) is 12.1 Å². The molecule has 1 amide bonds. The number of aliphatic hydroxyl groups is 1. The van der Waals surface area contributed by atoms with Crippen molar-refractivity contribution in [2.75, 3.05) is 25.0 Å². The molecule has 0 saturated carbocycles. The number of hydrogen-bond acceptors (Lipinski definition) is 5. The molecular formula is C19H20F3N3O3. The lowest BCUT2D eigenvalue weighted by Crippen LogP contribution is -2.35. The molecule has 2 aromatic rings. The number of nitrogens with zero attached hydrogens (tertiary/aromatic N) is 2. The van der Waals surface area contributed by atoms with Crippen molar-refractivity contribution in [3.8, 4) is 5.75 Å². The maximum atomic E-state index is 13.1. The van der Waals surface area contributed by atoms with Gasteiger partial charge in [-0.05, 0) is 36.2 Å². The minimum absolute atomic E-state index is 0.0757. The molecule has 1 saturated heterocycles. The third-order valence-electron chi connectivity index (χ3n) is 4.46. The Balaban J connectivity index is 1.53. The van der Waals surface area contributed by atoms with E-state index in [0.717, 1.165) is 11.6 Å². The van der Waals surface area contributed by atoms with Gasteiger partial charge in [0.25, 0.3) is 5.91 Å². The lowest BCUT2D eigenvalue weighted by molar-refractivity contribution is -0.137. The van der Waals surface area contributed by atoms with Crippen molar-refractivity contribution in [3.63, 3.8) is 0 Å². The molecule has 150 valence electrons. The van der Waals surface area contributed by atoms with E-state index in [9.17, 15) is 18.0 Å². The summed E-state index contributed by atoms with van der Waals surface area (Å²) in [7, 11) is 0. The van der Waals surface area contributed by atoms with Crippen LogP contribution >= 0.6 is 0 Å². The summed E-state index contributed by atoms with van der Waals surface area (Å²) in [5.74, 6) is 0.0323. The van der Waals surface area contributed by atoms with Crippen molar-refractivity contribution in [2.24, 2.45) is 0 Å². The number of rotatable bonds is 6. The number of pyridine rings is 1. The van der Waals surface area contributed by atoms with Gasteiger partial charge < -0.3 is 20.1 Å². The molecule has 9 heteroatoms. The van der Waals surface area contributed by atoms with Crippen LogP contribution in [-0.4, -0.2) is 46.6 Å². The maximum absolute atomic E-state index is 13.1. The van der Waals surface area contributed by atoms with Crippen molar-refractivity contribution in [2.45, 2.75) is 25.2 Å². The van der Waals surface area contributed by atoms with Gasteiger partial charge >= 0.3 is 6.18 Å². The van der Waals surface area contributed by atoms with Crippen LogP contribution in [0.3, 0.4) is 0 Å². The number of ether oxygens (including phenoxy) is 1. The van der Waals surface area contributed by atoms with Crippen LogP contribution in [0, 0.1) is 0 Å². The molecule has 2 heterocycles. The molecule has 6 nitrogen and oxygen atoms in total. The number of alkyl halides is 3. The fraction of sp³-hybridized carbons (Fsp3) is 0.368. The SMILES string of the molecule is O=C(COc1ccc(CO)cc1)N1CC[C@H](Nc2ncccc2C(F)(F)F)C1. The molecule has 0 bridgehead atoms. The van der Waals surface area contributed by atoms with Crippen LogP contribution in [0.5, 0.6) is 5.75 Å². The maximum Gasteiger partial charge on any atom is 0.419 e. The fourth-order valence-corrected chi connectivity index (χ4v) is 2.97. The van der Waals surface area contributed by atoms with Gasteiger partial charge in [0.05, 0.1) is 12.2 Å². The van der Waals surface area contributed by atoms with Gasteiger partial charge in [0.15, 0.2) is 6.61 Å². The van der Waals surface area contributed by atoms with E-state index in [1.807, 2.05) is 0 Å². The number of anilines is 1. The molecule has 1 aromatic heterocycles. The number of aromatic nitrogens is 1. The average molecular weight is 395 g/mol. The zero-order valence-electron chi connectivity index (χ0n) is 14.9. The number of benzene rings is 1. The van der Waals surface area contributed by atoms with Gasteiger partial charge in [-0.2, -0.15) is 13.2 Å². The molecule has 1 atom stereocenters. The van der Waals surface area contributed by atoms with Crippen LogP contribution in [-0.2, 0) is 17.6 Å². The van der Waals surface area contributed by atoms with Crippen molar-refractivity contribution < 1.29 is 27.8 Å². The number of amides is 1. The number of likely N-dealkylation sites (tertiary alicyclic amines) is 1. The lowest BCUT2D eigenvalue weighted by Gasteiger charge is -2.19. The first kappa shape index (κ1) is 19.9. The highest BCUT2D eigenvalue weighted by molar-refractivity contribution is 5.78. The molecule has 0 spiro atoms. The summed E-state index contributed by atoms with van der Waals surface area (Å²) < 4.78 is 44.6. The van der Waals surface area contributed by atoms with Crippen LogP contribution in [0.2, 0.25) is 0 Å².